The van der Waals surface area contributed by atoms with Gasteiger partial charge in [0.1, 0.15) is 17.7 Å². The molecule has 2 aromatic heterocycles. The first-order valence-electron chi connectivity index (χ1n) is 11.8. The van der Waals surface area contributed by atoms with E-state index < -0.39 is 38.4 Å². The van der Waals surface area contributed by atoms with Crippen molar-refractivity contribution in [2.24, 2.45) is 0 Å². The van der Waals surface area contributed by atoms with Crippen LogP contribution in [0, 0.1) is 25.2 Å². The lowest BCUT2D eigenvalue weighted by atomic mass is 10.1. The average Bonchev–Trinajstić information content (AvgIpc) is 2.90. The van der Waals surface area contributed by atoms with E-state index >= 15 is 0 Å². The molecule has 1 saturated heterocycles. The highest BCUT2D eigenvalue weighted by molar-refractivity contribution is 7.92. The molecule has 40 heavy (non-hydrogen) atoms. The molecule has 4 rings (SSSR count). The van der Waals surface area contributed by atoms with E-state index in [0.29, 0.717) is 43.9 Å². The second-order valence-electron chi connectivity index (χ2n) is 9.02. The van der Waals surface area contributed by atoms with Gasteiger partial charge in [0.25, 0.3) is 10.0 Å². The van der Waals surface area contributed by atoms with Crippen LogP contribution in [-0.4, -0.2) is 44.6 Å². The topological polar surface area (TPSA) is 102 Å². The van der Waals surface area contributed by atoms with Crippen molar-refractivity contribution in [3.63, 3.8) is 0 Å². The number of benzene rings is 1. The number of aryl methyl sites for hydroxylation is 1. The van der Waals surface area contributed by atoms with Gasteiger partial charge in [0.15, 0.2) is 0 Å². The van der Waals surface area contributed by atoms with Crippen LogP contribution in [0.25, 0.3) is 0 Å². The number of hydrogen-bond donors (Lipinski definition) is 1. The maximum atomic E-state index is 13.1. The molecule has 15 heteroatoms. The van der Waals surface area contributed by atoms with E-state index in [1.807, 2.05) is 6.07 Å². The van der Waals surface area contributed by atoms with Gasteiger partial charge < -0.3 is 9.80 Å². The Labute approximate surface area is 225 Å². The maximum Gasteiger partial charge on any atom is 0.417 e. The first-order valence-corrected chi connectivity index (χ1v) is 13.2. The van der Waals surface area contributed by atoms with Crippen LogP contribution in [0.4, 0.5) is 43.7 Å². The number of anilines is 3. The molecule has 1 aromatic carbocycles. The number of halogens is 6. The third kappa shape index (κ3) is 5.91. The summed E-state index contributed by atoms with van der Waals surface area (Å²) in [4.78, 5) is 11.3. The van der Waals surface area contributed by atoms with Crippen LogP contribution in [0.2, 0.25) is 0 Å². The van der Waals surface area contributed by atoms with Gasteiger partial charge in [-0.2, -0.15) is 31.6 Å². The second kappa shape index (κ2) is 10.5. The number of piperazine rings is 1. The Morgan fingerprint density at radius 3 is 2.10 bits per heavy atom. The molecule has 0 bridgehead atoms. The molecule has 3 aromatic rings. The van der Waals surface area contributed by atoms with E-state index in [2.05, 4.69) is 14.7 Å². The van der Waals surface area contributed by atoms with E-state index in [1.54, 1.807) is 9.80 Å². The van der Waals surface area contributed by atoms with Crippen LogP contribution in [-0.2, 0) is 22.4 Å². The first kappa shape index (κ1) is 28.9. The minimum absolute atomic E-state index is 0.0229. The summed E-state index contributed by atoms with van der Waals surface area (Å²) >= 11 is 0. The predicted octanol–water partition coefficient (Wildman–Crippen LogP) is 5.13. The zero-order valence-corrected chi connectivity index (χ0v) is 21.9. The van der Waals surface area contributed by atoms with Gasteiger partial charge in [0.2, 0.25) is 0 Å². The van der Waals surface area contributed by atoms with Gasteiger partial charge in [-0.1, -0.05) is 6.07 Å². The normalized spacial score (nSPS) is 14.7. The Hall–Kier alpha value is -4.06. The molecule has 1 aliphatic rings. The Bertz CT molecular complexity index is 1560. The number of sulfonamides is 1. The summed E-state index contributed by atoms with van der Waals surface area (Å²) in [5.41, 5.74) is -1.48. The Kier molecular flexibility index (Phi) is 7.59. The quantitative estimate of drug-likeness (QED) is 0.415. The highest BCUT2D eigenvalue weighted by atomic mass is 32.2. The minimum Gasteiger partial charge on any atom is -0.353 e. The Morgan fingerprint density at radius 1 is 0.925 bits per heavy atom. The predicted molar refractivity (Wildman–Crippen MR) is 134 cm³/mol. The summed E-state index contributed by atoms with van der Waals surface area (Å²) in [6.45, 7) is 4.43. The van der Waals surface area contributed by atoms with Crippen molar-refractivity contribution in [2.75, 3.05) is 40.7 Å². The number of alkyl halides is 6. The molecule has 0 aliphatic carbocycles. The van der Waals surface area contributed by atoms with Gasteiger partial charge in [0, 0.05) is 32.4 Å². The van der Waals surface area contributed by atoms with Gasteiger partial charge in [-0.3, -0.25) is 4.72 Å². The fourth-order valence-corrected chi connectivity index (χ4v) is 5.50. The molecule has 8 nitrogen and oxygen atoms in total. The minimum atomic E-state index is -4.73. The van der Waals surface area contributed by atoms with Gasteiger partial charge >= 0.3 is 12.4 Å². The molecule has 0 unspecified atom stereocenters. The van der Waals surface area contributed by atoms with Crippen LogP contribution in [0.15, 0.2) is 47.5 Å². The summed E-state index contributed by atoms with van der Waals surface area (Å²) in [7, 11) is -4.45. The van der Waals surface area contributed by atoms with Crippen LogP contribution < -0.4 is 14.5 Å². The zero-order valence-electron chi connectivity index (χ0n) is 21.1. The van der Waals surface area contributed by atoms with Gasteiger partial charge in [-0.05, 0) is 49.7 Å². The average molecular weight is 585 g/mol. The number of nitriles is 1. The number of aromatic nitrogens is 2. The van der Waals surface area contributed by atoms with Crippen molar-refractivity contribution in [1.82, 2.24) is 9.97 Å². The summed E-state index contributed by atoms with van der Waals surface area (Å²) in [6, 6.07) is 7.56. The van der Waals surface area contributed by atoms with Crippen LogP contribution in [0.1, 0.15) is 27.9 Å². The van der Waals surface area contributed by atoms with Crippen LogP contribution >= 0.6 is 0 Å². The van der Waals surface area contributed by atoms with Gasteiger partial charge in [-0.25, -0.2) is 18.4 Å². The van der Waals surface area contributed by atoms with E-state index in [1.165, 1.54) is 19.9 Å². The van der Waals surface area contributed by atoms with Crippen molar-refractivity contribution in [2.45, 2.75) is 31.1 Å². The summed E-state index contributed by atoms with van der Waals surface area (Å²) in [5.74, 6) is 0.660. The Morgan fingerprint density at radius 2 is 1.55 bits per heavy atom. The van der Waals surface area contributed by atoms with Crippen LogP contribution in [0.3, 0.4) is 0 Å². The van der Waals surface area contributed by atoms with E-state index in [-0.39, 0.29) is 22.5 Å². The molecular weight excluding hydrogens is 562 g/mol. The monoisotopic (exact) mass is 584 g/mol. The van der Waals surface area contributed by atoms with Crippen molar-refractivity contribution in [3.8, 4) is 6.07 Å². The standard InChI is InChI=1S/C25H22F6N6O2S/c1-15-20(13-32)23(37-10-8-36(9-11-37)21-7-6-18(14-33-21)25(29,30)31)34-16(2)22(15)35-40(38,39)19-5-3-4-17(12-19)24(26,27)28/h3-7,12,14,35H,8-11H2,1-2H3. The first-order chi connectivity index (χ1) is 18.6. The second-order valence-corrected chi connectivity index (χ2v) is 10.7. The van der Waals surface area contributed by atoms with E-state index in [9.17, 15) is 40.0 Å². The SMILES string of the molecule is Cc1nc(N2CCN(c3ccc(C(F)(F)F)cn3)CC2)c(C#N)c(C)c1NS(=O)(=O)c1cccc(C(F)(F)F)c1. The smallest absolute Gasteiger partial charge is 0.353 e. The third-order valence-corrected chi connectivity index (χ3v) is 7.75. The van der Waals surface area contributed by atoms with E-state index in [4.69, 9.17) is 0 Å². The van der Waals surface area contributed by atoms with E-state index in [0.717, 1.165) is 30.5 Å². The summed E-state index contributed by atoms with van der Waals surface area (Å²) in [6.07, 6.45) is -8.46. The molecule has 0 saturated carbocycles. The van der Waals surface area contributed by atoms with Crippen molar-refractivity contribution < 1.29 is 34.8 Å². The van der Waals surface area contributed by atoms with Crippen molar-refractivity contribution in [3.05, 3.63) is 70.5 Å². The fraction of sp³-hybridized carbons (Fsp3) is 0.320. The fourth-order valence-electron chi connectivity index (χ4n) is 4.27. The lowest BCUT2D eigenvalue weighted by molar-refractivity contribution is -0.138. The zero-order chi connectivity index (χ0) is 29.5. The number of nitrogens with one attached hydrogen (secondary N) is 1. The molecule has 0 atom stereocenters. The highest BCUT2D eigenvalue weighted by Crippen LogP contribution is 2.34. The Balaban J connectivity index is 1.56. The molecule has 0 radical (unpaired) electrons. The molecule has 1 N–H and O–H groups in total. The molecular formula is C25H22F6N6O2S. The summed E-state index contributed by atoms with van der Waals surface area (Å²) < 4.78 is 106. The lowest BCUT2D eigenvalue weighted by Gasteiger charge is -2.37. The lowest BCUT2D eigenvalue weighted by Crippen LogP contribution is -2.47. The molecule has 0 spiro atoms. The van der Waals surface area contributed by atoms with Crippen molar-refractivity contribution in [1.29, 1.82) is 5.26 Å². The van der Waals surface area contributed by atoms with Crippen LogP contribution in [0.5, 0.6) is 0 Å². The van der Waals surface area contributed by atoms with Gasteiger partial charge in [0.05, 0.1) is 33.0 Å². The van der Waals surface area contributed by atoms with Crippen molar-refractivity contribution >= 4 is 27.3 Å². The molecule has 1 aliphatic heterocycles. The largest absolute Gasteiger partial charge is 0.417 e. The number of hydrogen-bond acceptors (Lipinski definition) is 7. The molecule has 212 valence electrons. The third-order valence-electron chi connectivity index (χ3n) is 6.41. The van der Waals surface area contributed by atoms with Gasteiger partial charge in [-0.15, -0.1) is 0 Å². The number of pyridine rings is 2. The molecule has 3 heterocycles. The maximum absolute atomic E-state index is 13.1. The highest BCUT2D eigenvalue weighted by Gasteiger charge is 2.33. The molecule has 1 fully saturated rings. The number of nitrogens with zero attached hydrogens (tertiary/aromatic N) is 5. The summed E-state index contributed by atoms with van der Waals surface area (Å²) in [5, 5.41) is 9.88. The number of rotatable bonds is 5. The molecule has 0 amide bonds.